The zero-order valence-corrected chi connectivity index (χ0v) is 26.0. The Labute approximate surface area is 250 Å². The minimum absolute atomic E-state index is 0.132. The number of hydrogen-bond acceptors (Lipinski definition) is 7. The number of esters is 1. The van der Waals surface area contributed by atoms with Crippen molar-refractivity contribution in [2.45, 2.75) is 72.1 Å². The van der Waals surface area contributed by atoms with E-state index in [0.29, 0.717) is 24.9 Å². The summed E-state index contributed by atoms with van der Waals surface area (Å²) in [6, 6.07) is 5.07. The van der Waals surface area contributed by atoms with E-state index in [1.807, 2.05) is 0 Å². The first-order chi connectivity index (χ1) is 18.8. The molecule has 2 rings (SSSR count). The molecule has 0 spiro atoms. The highest BCUT2D eigenvalue weighted by Gasteiger charge is 2.35. The van der Waals surface area contributed by atoms with Crippen LogP contribution < -0.4 is 16.0 Å². The van der Waals surface area contributed by atoms with Crippen LogP contribution in [0.3, 0.4) is 0 Å². The predicted octanol–water partition coefficient (Wildman–Crippen LogP) is 3.26. The lowest BCUT2D eigenvalue weighted by molar-refractivity contribution is -0.142. The Bertz CT molecular complexity index is 1140. The van der Waals surface area contributed by atoms with Gasteiger partial charge in [-0.3, -0.25) is 33.7 Å². The number of hydrogen-bond donors (Lipinski definition) is 3. The highest BCUT2D eigenvalue weighted by atomic mass is 79.9. The third kappa shape index (κ3) is 9.84. The molecular formula is C27H34Br2N4O7. The second kappa shape index (κ2) is 15.7. The van der Waals surface area contributed by atoms with E-state index in [1.54, 1.807) is 45.0 Å². The van der Waals surface area contributed by atoms with Gasteiger partial charge in [-0.05, 0) is 75.2 Å². The highest BCUT2D eigenvalue weighted by Crippen LogP contribution is 2.29. The third-order valence-corrected chi connectivity index (χ3v) is 8.03. The van der Waals surface area contributed by atoms with E-state index in [4.69, 9.17) is 4.74 Å². The first-order valence-electron chi connectivity index (χ1n) is 12.9. The van der Waals surface area contributed by atoms with E-state index in [0.717, 1.165) is 10.5 Å². The van der Waals surface area contributed by atoms with E-state index < -0.39 is 35.7 Å². The topological polar surface area (TPSA) is 151 Å². The second-order valence-corrected chi connectivity index (χ2v) is 11.3. The SMILES string of the molecule is CC(=O)OCc1ccc(NC(=O)[C@H](C)NC(=O)[C@@H](NC(=O)CCCCCN2C(=O)C(Br)=C(Br)C2=O)C(C)C)cc1. The Morgan fingerprint density at radius 3 is 2.02 bits per heavy atom. The zero-order chi connectivity index (χ0) is 30.0. The summed E-state index contributed by atoms with van der Waals surface area (Å²) in [6.07, 6.45) is 1.84. The van der Waals surface area contributed by atoms with Crippen molar-refractivity contribution in [2.24, 2.45) is 5.92 Å². The predicted molar refractivity (Wildman–Crippen MR) is 155 cm³/mol. The lowest BCUT2D eigenvalue weighted by atomic mass is 10.0. The number of ether oxygens (including phenoxy) is 1. The smallest absolute Gasteiger partial charge is 0.302 e. The van der Waals surface area contributed by atoms with Crippen molar-refractivity contribution in [1.29, 1.82) is 0 Å². The lowest BCUT2D eigenvalue weighted by Gasteiger charge is -2.24. The van der Waals surface area contributed by atoms with Crippen molar-refractivity contribution >= 4 is 73.1 Å². The molecule has 5 amide bonds. The van der Waals surface area contributed by atoms with Gasteiger partial charge < -0.3 is 20.7 Å². The first-order valence-corrected chi connectivity index (χ1v) is 14.4. The Kier molecular flexibility index (Phi) is 13.0. The van der Waals surface area contributed by atoms with Gasteiger partial charge in [0.05, 0.1) is 0 Å². The normalized spacial score (nSPS) is 14.7. The van der Waals surface area contributed by atoms with Crippen LogP contribution in [-0.2, 0) is 40.1 Å². The summed E-state index contributed by atoms with van der Waals surface area (Å²) in [6.45, 7) is 6.83. The molecule has 0 fully saturated rings. The van der Waals surface area contributed by atoms with Crippen LogP contribution in [0.4, 0.5) is 5.69 Å². The van der Waals surface area contributed by atoms with Crippen molar-refractivity contribution in [1.82, 2.24) is 15.5 Å². The summed E-state index contributed by atoms with van der Waals surface area (Å²) in [4.78, 5) is 74.1. The Morgan fingerprint density at radius 2 is 1.48 bits per heavy atom. The molecule has 0 aromatic heterocycles. The van der Waals surface area contributed by atoms with Gasteiger partial charge in [-0.15, -0.1) is 0 Å². The molecule has 1 aromatic rings. The number of carbonyl (C=O) groups excluding carboxylic acids is 6. The van der Waals surface area contributed by atoms with Gasteiger partial charge in [0.15, 0.2) is 0 Å². The van der Waals surface area contributed by atoms with Crippen molar-refractivity contribution < 1.29 is 33.5 Å². The Morgan fingerprint density at radius 1 is 0.875 bits per heavy atom. The molecule has 1 aromatic carbocycles. The molecule has 13 heteroatoms. The number of unbranched alkanes of at least 4 members (excludes halogenated alkanes) is 2. The molecule has 40 heavy (non-hydrogen) atoms. The molecule has 0 bridgehead atoms. The molecule has 1 aliphatic rings. The van der Waals surface area contributed by atoms with Crippen molar-refractivity contribution in [2.75, 3.05) is 11.9 Å². The van der Waals surface area contributed by atoms with E-state index in [-0.39, 0.29) is 46.3 Å². The van der Waals surface area contributed by atoms with Crippen LogP contribution in [0.25, 0.3) is 0 Å². The molecule has 0 radical (unpaired) electrons. The maximum Gasteiger partial charge on any atom is 0.302 e. The van der Waals surface area contributed by atoms with Crippen molar-refractivity contribution in [3.8, 4) is 0 Å². The van der Waals surface area contributed by atoms with E-state index >= 15 is 0 Å². The minimum atomic E-state index is -0.864. The standard InChI is InChI=1S/C27H34Br2N4O7/c1-15(2)23(32-20(35)8-6-5-7-13-33-26(38)21(28)22(29)27(33)39)25(37)30-16(3)24(36)31-19-11-9-18(10-12-19)14-40-17(4)34/h9-12,15-16,23H,5-8,13-14H2,1-4H3,(H,30,37)(H,31,36)(H,32,35)/t16-,23-/m0/s1. The van der Waals surface area contributed by atoms with Crippen LogP contribution >= 0.6 is 31.9 Å². The number of nitrogens with zero attached hydrogens (tertiary/aromatic N) is 1. The van der Waals surface area contributed by atoms with Crippen LogP contribution in [0.5, 0.6) is 0 Å². The van der Waals surface area contributed by atoms with E-state index in [9.17, 15) is 28.8 Å². The monoisotopic (exact) mass is 684 g/mol. The summed E-state index contributed by atoms with van der Waals surface area (Å²) < 4.78 is 5.34. The molecule has 0 saturated carbocycles. The third-order valence-electron chi connectivity index (χ3n) is 6.03. The Hall–Kier alpha value is -3.06. The number of nitrogens with one attached hydrogen (secondary N) is 3. The van der Waals surface area contributed by atoms with Gasteiger partial charge in [-0.2, -0.15) is 0 Å². The van der Waals surface area contributed by atoms with Crippen LogP contribution in [-0.4, -0.2) is 59.0 Å². The molecule has 0 saturated heterocycles. The summed E-state index contributed by atoms with van der Waals surface area (Å²) >= 11 is 6.17. The molecule has 2 atom stereocenters. The van der Waals surface area contributed by atoms with Crippen LogP contribution in [0.15, 0.2) is 33.2 Å². The van der Waals surface area contributed by atoms with Gasteiger partial charge in [0.2, 0.25) is 17.7 Å². The summed E-state index contributed by atoms with van der Waals surface area (Å²) in [5, 5.41) is 8.10. The molecule has 11 nitrogen and oxygen atoms in total. The molecule has 218 valence electrons. The average molecular weight is 686 g/mol. The quantitative estimate of drug-likeness (QED) is 0.155. The first kappa shape index (κ1) is 33.1. The van der Waals surface area contributed by atoms with Gasteiger partial charge in [0.1, 0.15) is 27.7 Å². The highest BCUT2D eigenvalue weighted by molar-refractivity contribution is 9.14. The lowest BCUT2D eigenvalue weighted by Crippen LogP contribution is -2.53. The van der Waals surface area contributed by atoms with Gasteiger partial charge in [-0.25, -0.2) is 0 Å². The number of amides is 5. The summed E-state index contributed by atoms with van der Waals surface area (Å²) in [5.41, 5.74) is 1.28. The maximum absolute atomic E-state index is 12.9. The second-order valence-electron chi connectivity index (χ2n) is 9.69. The number of rotatable bonds is 14. The fourth-order valence-electron chi connectivity index (χ4n) is 3.72. The minimum Gasteiger partial charge on any atom is -0.461 e. The van der Waals surface area contributed by atoms with Gasteiger partial charge in [-0.1, -0.05) is 32.4 Å². The molecule has 1 heterocycles. The average Bonchev–Trinajstić information content (AvgIpc) is 3.08. The fraction of sp³-hybridized carbons (Fsp3) is 0.481. The number of anilines is 1. The number of halogens is 2. The van der Waals surface area contributed by atoms with Gasteiger partial charge in [0, 0.05) is 25.6 Å². The number of imide groups is 1. The molecule has 0 unspecified atom stereocenters. The van der Waals surface area contributed by atoms with Crippen LogP contribution in [0, 0.1) is 5.92 Å². The Balaban J connectivity index is 1.76. The number of carbonyl (C=O) groups is 6. The zero-order valence-electron chi connectivity index (χ0n) is 22.8. The van der Waals surface area contributed by atoms with Crippen LogP contribution in [0.2, 0.25) is 0 Å². The summed E-state index contributed by atoms with van der Waals surface area (Å²) in [7, 11) is 0. The molecule has 3 N–H and O–H groups in total. The van der Waals surface area contributed by atoms with Gasteiger partial charge in [0.25, 0.3) is 11.8 Å². The number of benzene rings is 1. The van der Waals surface area contributed by atoms with E-state index in [1.165, 1.54) is 6.92 Å². The van der Waals surface area contributed by atoms with Crippen molar-refractivity contribution in [3.63, 3.8) is 0 Å². The van der Waals surface area contributed by atoms with Gasteiger partial charge >= 0.3 is 5.97 Å². The molecule has 1 aliphatic heterocycles. The van der Waals surface area contributed by atoms with Crippen LogP contribution in [0.1, 0.15) is 58.9 Å². The molecular weight excluding hydrogens is 652 g/mol. The molecule has 0 aliphatic carbocycles. The summed E-state index contributed by atoms with van der Waals surface area (Å²) in [5.74, 6) is -2.60. The maximum atomic E-state index is 12.9. The van der Waals surface area contributed by atoms with Crippen molar-refractivity contribution in [3.05, 3.63) is 38.8 Å². The largest absolute Gasteiger partial charge is 0.461 e. The van der Waals surface area contributed by atoms with E-state index in [2.05, 4.69) is 47.8 Å². The fourth-order valence-corrected chi connectivity index (χ4v) is 4.49.